The third-order valence-electron chi connectivity index (χ3n) is 3.05. The highest BCUT2D eigenvalue weighted by atomic mass is 16.3. The van der Waals surface area contributed by atoms with E-state index in [1.54, 1.807) is 0 Å². The van der Waals surface area contributed by atoms with Crippen LogP contribution < -0.4 is 0 Å². The molecule has 0 heterocycles. The standard InChI is InChI=1S/C14H29O2/c1-3-4-5-6-7-8-9-10-11-12-14(16)13(2)15/h13-16H,2-12H2,1H3. The third kappa shape index (κ3) is 10.4. The Kier molecular flexibility index (Phi) is 11.3. The molecule has 0 amide bonds. The monoisotopic (exact) mass is 229 g/mol. The molecule has 0 saturated heterocycles. The van der Waals surface area contributed by atoms with Crippen molar-refractivity contribution >= 4 is 0 Å². The Morgan fingerprint density at radius 3 is 1.69 bits per heavy atom. The SMILES string of the molecule is [CH2]C(O)C(O)CCCCCCCCCCC. The minimum atomic E-state index is -0.825. The Morgan fingerprint density at radius 1 is 0.812 bits per heavy atom. The van der Waals surface area contributed by atoms with Crippen LogP contribution in [0.4, 0.5) is 0 Å². The largest absolute Gasteiger partial charge is 0.390 e. The van der Waals surface area contributed by atoms with E-state index in [9.17, 15) is 5.11 Å². The molecule has 0 aromatic rings. The topological polar surface area (TPSA) is 40.5 Å². The normalized spacial score (nSPS) is 15.0. The molecule has 0 spiro atoms. The molecule has 0 saturated carbocycles. The van der Waals surface area contributed by atoms with Gasteiger partial charge < -0.3 is 10.2 Å². The van der Waals surface area contributed by atoms with Gasteiger partial charge in [0.2, 0.25) is 0 Å². The van der Waals surface area contributed by atoms with Crippen molar-refractivity contribution < 1.29 is 10.2 Å². The van der Waals surface area contributed by atoms with Crippen molar-refractivity contribution in [2.45, 2.75) is 83.3 Å². The van der Waals surface area contributed by atoms with Crippen LogP contribution in [0.5, 0.6) is 0 Å². The highest BCUT2D eigenvalue weighted by Gasteiger charge is 2.09. The zero-order valence-corrected chi connectivity index (χ0v) is 10.8. The van der Waals surface area contributed by atoms with Crippen LogP contribution in [0, 0.1) is 6.92 Å². The molecule has 0 aliphatic rings. The van der Waals surface area contributed by atoms with Gasteiger partial charge in [0.15, 0.2) is 0 Å². The maximum atomic E-state index is 9.31. The van der Waals surface area contributed by atoms with Crippen molar-refractivity contribution in [3.8, 4) is 0 Å². The second-order valence-corrected chi connectivity index (χ2v) is 4.75. The van der Waals surface area contributed by atoms with Crippen LogP contribution in [-0.2, 0) is 0 Å². The molecule has 0 bridgehead atoms. The number of aliphatic hydroxyl groups is 2. The van der Waals surface area contributed by atoms with Crippen molar-refractivity contribution in [2.75, 3.05) is 0 Å². The Balaban J connectivity index is 3.04. The Labute approximate surface area is 101 Å². The summed E-state index contributed by atoms with van der Waals surface area (Å²) >= 11 is 0. The first-order valence-corrected chi connectivity index (χ1v) is 6.87. The molecule has 2 heteroatoms. The highest BCUT2D eigenvalue weighted by molar-refractivity contribution is 4.68. The fourth-order valence-corrected chi connectivity index (χ4v) is 1.86. The first-order chi connectivity index (χ1) is 7.68. The number of hydrogen-bond donors (Lipinski definition) is 2. The van der Waals surface area contributed by atoms with Crippen molar-refractivity contribution in [2.24, 2.45) is 0 Å². The summed E-state index contributed by atoms with van der Waals surface area (Å²) in [5.74, 6) is 0. The first kappa shape index (κ1) is 15.9. The smallest absolute Gasteiger partial charge is 0.0800 e. The van der Waals surface area contributed by atoms with Gasteiger partial charge in [-0.2, -0.15) is 0 Å². The van der Waals surface area contributed by atoms with E-state index in [4.69, 9.17) is 5.11 Å². The lowest BCUT2D eigenvalue weighted by Crippen LogP contribution is -2.22. The van der Waals surface area contributed by atoms with Crippen molar-refractivity contribution in [1.82, 2.24) is 0 Å². The van der Waals surface area contributed by atoms with E-state index in [0.717, 1.165) is 12.8 Å². The minimum absolute atomic E-state index is 0.635. The Hall–Kier alpha value is -0.0800. The van der Waals surface area contributed by atoms with E-state index in [1.165, 1.54) is 44.9 Å². The van der Waals surface area contributed by atoms with Crippen LogP contribution in [0.15, 0.2) is 0 Å². The maximum absolute atomic E-state index is 9.31. The quantitative estimate of drug-likeness (QED) is 0.533. The molecule has 2 N–H and O–H groups in total. The molecule has 0 aromatic heterocycles. The van der Waals surface area contributed by atoms with Crippen molar-refractivity contribution in [3.05, 3.63) is 6.92 Å². The van der Waals surface area contributed by atoms with Crippen LogP contribution in [0.1, 0.15) is 71.1 Å². The number of rotatable bonds is 11. The van der Waals surface area contributed by atoms with Crippen LogP contribution >= 0.6 is 0 Å². The van der Waals surface area contributed by atoms with Gasteiger partial charge in [-0.15, -0.1) is 0 Å². The van der Waals surface area contributed by atoms with E-state index >= 15 is 0 Å². The van der Waals surface area contributed by atoms with E-state index in [0.29, 0.717) is 6.42 Å². The van der Waals surface area contributed by atoms with Gasteiger partial charge in [-0.05, 0) is 13.3 Å². The molecule has 2 atom stereocenters. The summed E-state index contributed by atoms with van der Waals surface area (Å²) in [4.78, 5) is 0. The summed E-state index contributed by atoms with van der Waals surface area (Å²) < 4.78 is 0. The fraction of sp³-hybridized carbons (Fsp3) is 0.929. The Bertz CT molecular complexity index is 135. The van der Waals surface area contributed by atoms with Crippen LogP contribution in [0.2, 0.25) is 0 Å². The second kappa shape index (κ2) is 11.4. The Morgan fingerprint density at radius 2 is 1.25 bits per heavy atom. The molecule has 0 aromatic carbocycles. The molecule has 0 aliphatic heterocycles. The zero-order chi connectivity index (χ0) is 12.2. The van der Waals surface area contributed by atoms with Gasteiger partial charge in [0.1, 0.15) is 0 Å². The summed E-state index contributed by atoms with van der Waals surface area (Å²) in [7, 11) is 0. The van der Waals surface area contributed by atoms with Gasteiger partial charge in [0.05, 0.1) is 12.2 Å². The summed E-state index contributed by atoms with van der Waals surface area (Å²) in [6.45, 7) is 5.64. The van der Waals surface area contributed by atoms with E-state index in [2.05, 4.69) is 13.8 Å². The maximum Gasteiger partial charge on any atom is 0.0800 e. The molecule has 97 valence electrons. The fourth-order valence-electron chi connectivity index (χ4n) is 1.86. The van der Waals surface area contributed by atoms with Crippen molar-refractivity contribution in [1.29, 1.82) is 0 Å². The van der Waals surface area contributed by atoms with Crippen LogP contribution in [-0.4, -0.2) is 22.4 Å². The summed E-state index contributed by atoms with van der Waals surface area (Å²) in [6.07, 6.45) is 10.7. The van der Waals surface area contributed by atoms with Gasteiger partial charge in [-0.25, -0.2) is 0 Å². The van der Waals surface area contributed by atoms with Gasteiger partial charge in [0.25, 0.3) is 0 Å². The summed E-state index contributed by atoms with van der Waals surface area (Å²) in [6, 6.07) is 0. The predicted molar refractivity (Wildman–Crippen MR) is 69.2 cm³/mol. The van der Waals surface area contributed by atoms with E-state index < -0.39 is 12.2 Å². The van der Waals surface area contributed by atoms with Gasteiger partial charge in [0, 0.05) is 0 Å². The number of hydrogen-bond acceptors (Lipinski definition) is 2. The molecule has 0 fully saturated rings. The van der Waals surface area contributed by atoms with Gasteiger partial charge >= 0.3 is 0 Å². The minimum Gasteiger partial charge on any atom is -0.390 e. The molecule has 2 unspecified atom stereocenters. The summed E-state index contributed by atoms with van der Waals surface area (Å²) in [5.41, 5.74) is 0. The van der Waals surface area contributed by atoms with Crippen molar-refractivity contribution in [3.63, 3.8) is 0 Å². The highest BCUT2D eigenvalue weighted by Crippen LogP contribution is 2.12. The van der Waals surface area contributed by atoms with E-state index in [1.807, 2.05) is 0 Å². The molecular weight excluding hydrogens is 200 g/mol. The van der Waals surface area contributed by atoms with E-state index in [-0.39, 0.29) is 0 Å². The first-order valence-electron chi connectivity index (χ1n) is 6.87. The van der Waals surface area contributed by atoms with Gasteiger partial charge in [-0.1, -0.05) is 64.7 Å². The number of unbranched alkanes of at least 4 members (excludes halogenated alkanes) is 8. The second-order valence-electron chi connectivity index (χ2n) is 4.75. The van der Waals surface area contributed by atoms with Crippen LogP contribution in [0.3, 0.4) is 0 Å². The third-order valence-corrected chi connectivity index (χ3v) is 3.05. The lowest BCUT2D eigenvalue weighted by molar-refractivity contribution is 0.0398. The predicted octanol–water partition coefficient (Wildman–Crippen LogP) is 3.46. The lowest BCUT2D eigenvalue weighted by Gasteiger charge is -2.12. The lowest BCUT2D eigenvalue weighted by atomic mass is 10.0. The zero-order valence-electron chi connectivity index (χ0n) is 10.8. The molecule has 16 heavy (non-hydrogen) atoms. The van der Waals surface area contributed by atoms with Gasteiger partial charge in [-0.3, -0.25) is 0 Å². The number of aliphatic hydroxyl groups excluding tert-OH is 2. The molecule has 1 radical (unpaired) electrons. The van der Waals surface area contributed by atoms with Crippen LogP contribution in [0.25, 0.3) is 0 Å². The molecule has 0 rings (SSSR count). The molecule has 0 aliphatic carbocycles. The molecule has 2 nitrogen and oxygen atoms in total. The average Bonchev–Trinajstić information content (AvgIpc) is 2.26. The molecular formula is C14H29O2. The summed E-state index contributed by atoms with van der Waals surface area (Å²) in [5, 5.41) is 18.3. The average molecular weight is 229 g/mol.